The largest absolute Gasteiger partial charge is 0.457 e. The molecule has 4 nitrogen and oxygen atoms in total. The lowest BCUT2D eigenvalue weighted by molar-refractivity contribution is 0.105. The van der Waals surface area contributed by atoms with Crippen molar-refractivity contribution in [2.24, 2.45) is 0 Å². The average molecular weight is 287 g/mol. The molecule has 2 aromatic rings. The van der Waals surface area contributed by atoms with Crippen LogP contribution < -0.4 is 10.1 Å². The molecule has 2 rings (SSSR count). The number of benzene rings is 2. The minimum absolute atomic E-state index is 0.249. The lowest BCUT2D eigenvalue weighted by Crippen LogP contribution is -2.22. The highest BCUT2D eigenvalue weighted by atomic mass is 16.5. The number of hydrogen-bond acceptors (Lipinski definition) is 4. The van der Waals surface area contributed by atoms with Gasteiger partial charge in [-0.05, 0) is 55.3 Å². The maximum absolute atomic E-state index is 9.29. The SMILES string of the molecule is Cc1cccc(Oc2ccc(NCC(O)CO)cc2)c1C. The van der Waals surface area contributed by atoms with E-state index in [1.54, 1.807) is 0 Å². The molecular formula is C17H21NO3. The van der Waals surface area contributed by atoms with Crippen molar-refractivity contribution in [3.63, 3.8) is 0 Å². The number of anilines is 1. The second-order valence-corrected chi connectivity index (χ2v) is 5.04. The van der Waals surface area contributed by atoms with Gasteiger partial charge in [0, 0.05) is 12.2 Å². The fraction of sp³-hybridized carbons (Fsp3) is 0.294. The van der Waals surface area contributed by atoms with Gasteiger partial charge in [0.05, 0.1) is 12.7 Å². The molecule has 0 fully saturated rings. The fourth-order valence-electron chi connectivity index (χ4n) is 1.90. The molecule has 3 N–H and O–H groups in total. The van der Waals surface area contributed by atoms with E-state index in [-0.39, 0.29) is 6.61 Å². The smallest absolute Gasteiger partial charge is 0.130 e. The molecular weight excluding hydrogens is 266 g/mol. The van der Waals surface area contributed by atoms with Crippen molar-refractivity contribution in [2.45, 2.75) is 20.0 Å². The van der Waals surface area contributed by atoms with Crippen molar-refractivity contribution < 1.29 is 14.9 Å². The molecule has 112 valence electrons. The Bertz CT molecular complexity index is 581. The Morgan fingerprint density at radius 2 is 1.81 bits per heavy atom. The van der Waals surface area contributed by atoms with Gasteiger partial charge in [-0.25, -0.2) is 0 Å². The normalized spacial score (nSPS) is 12.0. The first-order valence-corrected chi connectivity index (χ1v) is 6.97. The van der Waals surface area contributed by atoms with Crippen LogP contribution in [-0.4, -0.2) is 29.5 Å². The van der Waals surface area contributed by atoms with Gasteiger partial charge in [0.25, 0.3) is 0 Å². The Hall–Kier alpha value is -2.04. The summed E-state index contributed by atoms with van der Waals surface area (Å²) in [6.07, 6.45) is -0.754. The predicted octanol–water partition coefficient (Wildman–Crippen LogP) is 2.86. The van der Waals surface area contributed by atoms with Gasteiger partial charge in [-0.2, -0.15) is 0 Å². The third-order valence-corrected chi connectivity index (χ3v) is 3.39. The molecule has 1 atom stereocenters. The molecule has 1 unspecified atom stereocenters. The molecule has 4 heteroatoms. The number of aryl methyl sites for hydroxylation is 1. The summed E-state index contributed by atoms with van der Waals surface area (Å²) in [5.41, 5.74) is 3.20. The first-order chi connectivity index (χ1) is 10.1. The topological polar surface area (TPSA) is 61.7 Å². The van der Waals surface area contributed by atoms with Crippen LogP contribution in [0.4, 0.5) is 5.69 Å². The molecule has 0 bridgehead atoms. The van der Waals surface area contributed by atoms with Gasteiger partial charge in [0.15, 0.2) is 0 Å². The third kappa shape index (κ3) is 4.21. The van der Waals surface area contributed by atoms with E-state index in [0.717, 1.165) is 22.7 Å². The number of rotatable bonds is 6. The standard InChI is InChI=1S/C17H21NO3/c1-12-4-3-5-17(13(12)2)21-16-8-6-14(7-9-16)18-10-15(20)11-19/h3-9,15,18-20H,10-11H2,1-2H3. The minimum Gasteiger partial charge on any atom is -0.457 e. The van der Waals surface area contributed by atoms with E-state index in [1.165, 1.54) is 5.56 Å². The first-order valence-electron chi connectivity index (χ1n) is 6.97. The number of aliphatic hydroxyl groups excluding tert-OH is 2. The molecule has 0 aliphatic rings. The van der Waals surface area contributed by atoms with Crippen LogP contribution >= 0.6 is 0 Å². The van der Waals surface area contributed by atoms with E-state index >= 15 is 0 Å². The number of nitrogens with one attached hydrogen (secondary N) is 1. The van der Waals surface area contributed by atoms with Gasteiger partial charge in [-0.1, -0.05) is 12.1 Å². The second kappa shape index (κ2) is 7.11. The molecule has 0 aliphatic heterocycles. The van der Waals surface area contributed by atoms with Crippen LogP contribution in [0.2, 0.25) is 0 Å². The zero-order chi connectivity index (χ0) is 15.2. The average Bonchev–Trinajstić information content (AvgIpc) is 2.51. The summed E-state index contributed by atoms with van der Waals surface area (Å²) < 4.78 is 5.87. The van der Waals surface area contributed by atoms with Crippen LogP contribution in [0.5, 0.6) is 11.5 Å². The highest BCUT2D eigenvalue weighted by Gasteiger charge is 2.04. The van der Waals surface area contributed by atoms with Gasteiger partial charge in [-0.15, -0.1) is 0 Å². The molecule has 0 amide bonds. The highest BCUT2D eigenvalue weighted by Crippen LogP contribution is 2.27. The quantitative estimate of drug-likeness (QED) is 0.764. The lowest BCUT2D eigenvalue weighted by Gasteiger charge is -2.12. The fourth-order valence-corrected chi connectivity index (χ4v) is 1.90. The Morgan fingerprint density at radius 1 is 1.10 bits per heavy atom. The molecule has 0 radical (unpaired) electrons. The van der Waals surface area contributed by atoms with Gasteiger partial charge >= 0.3 is 0 Å². The Balaban J connectivity index is 2.01. The summed E-state index contributed by atoms with van der Waals surface area (Å²) in [5, 5.41) is 21.1. The van der Waals surface area contributed by atoms with E-state index in [9.17, 15) is 5.11 Å². The van der Waals surface area contributed by atoms with Gasteiger partial charge in [0.2, 0.25) is 0 Å². The van der Waals surface area contributed by atoms with Gasteiger partial charge in [-0.3, -0.25) is 0 Å². The van der Waals surface area contributed by atoms with Crippen molar-refractivity contribution in [3.05, 3.63) is 53.6 Å². The zero-order valence-electron chi connectivity index (χ0n) is 12.3. The monoisotopic (exact) mass is 287 g/mol. The maximum atomic E-state index is 9.29. The molecule has 0 saturated heterocycles. The summed E-state index contributed by atoms with van der Waals surface area (Å²) in [5.74, 6) is 1.61. The number of aliphatic hydroxyl groups is 2. The predicted molar refractivity (Wildman–Crippen MR) is 84.0 cm³/mol. The summed E-state index contributed by atoms with van der Waals surface area (Å²) in [6.45, 7) is 4.16. The molecule has 0 aromatic heterocycles. The first kappa shape index (κ1) is 15.4. The number of ether oxygens (including phenoxy) is 1. The molecule has 2 aromatic carbocycles. The van der Waals surface area contributed by atoms with Crippen molar-refractivity contribution in [1.82, 2.24) is 0 Å². The Kier molecular flexibility index (Phi) is 5.20. The molecule has 21 heavy (non-hydrogen) atoms. The van der Waals surface area contributed by atoms with Crippen LogP contribution in [0.25, 0.3) is 0 Å². The Labute approximate surface area is 125 Å². The Morgan fingerprint density at radius 3 is 2.48 bits per heavy atom. The van der Waals surface area contributed by atoms with E-state index in [4.69, 9.17) is 9.84 Å². The molecule has 0 spiro atoms. The van der Waals surface area contributed by atoms with Crippen LogP contribution in [0.3, 0.4) is 0 Å². The minimum atomic E-state index is -0.754. The molecule has 0 aliphatic carbocycles. The molecule has 0 saturated carbocycles. The van der Waals surface area contributed by atoms with Crippen LogP contribution in [0.1, 0.15) is 11.1 Å². The van der Waals surface area contributed by atoms with Crippen molar-refractivity contribution >= 4 is 5.69 Å². The van der Waals surface area contributed by atoms with E-state index < -0.39 is 6.10 Å². The lowest BCUT2D eigenvalue weighted by atomic mass is 10.1. The van der Waals surface area contributed by atoms with Crippen LogP contribution in [-0.2, 0) is 0 Å². The second-order valence-electron chi connectivity index (χ2n) is 5.04. The van der Waals surface area contributed by atoms with Gasteiger partial charge < -0.3 is 20.3 Å². The van der Waals surface area contributed by atoms with Crippen molar-refractivity contribution in [3.8, 4) is 11.5 Å². The van der Waals surface area contributed by atoms with Crippen molar-refractivity contribution in [1.29, 1.82) is 0 Å². The summed E-state index contributed by atoms with van der Waals surface area (Å²) in [6, 6.07) is 13.5. The van der Waals surface area contributed by atoms with E-state index in [0.29, 0.717) is 6.54 Å². The summed E-state index contributed by atoms with van der Waals surface area (Å²) in [4.78, 5) is 0. The van der Waals surface area contributed by atoms with Crippen molar-refractivity contribution in [2.75, 3.05) is 18.5 Å². The van der Waals surface area contributed by atoms with Crippen LogP contribution in [0, 0.1) is 13.8 Å². The molecule has 0 heterocycles. The zero-order valence-corrected chi connectivity index (χ0v) is 12.3. The van der Waals surface area contributed by atoms with E-state index in [2.05, 4.69) is 18.3 Å². The highest BCUT2D eigenvalue weighted by molar-refractivity contribution is 5.48. The van der Waals surface area contributed by atoms with Gasteiger partial charge in [0.1, 0.15) is 11.5 Å². The maximum Gasteiger partial charge on any atom is 0.130 e. The van der Waals surface area contributed by atoms with E-state index in [1.807, 2.05) is 43.3 Å². The van der Waals surface area contributed by atoms with Crippen LogP contribution in [0.15, 0.2) is 42.5 Å². The summed E-state index contributed by atoms with van der Waals surface area (Å²) >= 11 is 0. The summed E-state index contributed by atoms with van der Waals surface area (Å²) in [7, 11) is 0. The number of hydrogen-bond donors (Lipinski definition) is 3. The third-order valence-electron chi connectivity index (χ3n) is 3.39.